The summed E-state index contributed by atoms with van der Waals surface area (Å²) in [6.45, 7) is 2.91. The van der Waals surface area contributed by atoms with Crippen molar-refractivity contribution >= 4 is 27.9 Å². The van der Waals surface area contributed by atoms with E-state index >= 15 is 0 Å². The van der Waals surface area contributed by atoms with Crippen LogP contribution in [0.25, 0.3) is 6.08 Å². The summed E-state index contributed by atoms with van der Waals surface area (Å²) in [6, 6.07) is 7.78. The second kappa shape index (κ2) is 9.72. The van der Waals surface area contributed by atoms with Gasteiger partial charge in [-0.3, -0.25) is 4.79 Å². The van der Waals surface area contributed by atoms with Gasteiger partial charge >= 0.3 is 0 Å². The van der Waals surface area contributed by atoms with Crippen LogP contribution >= 0.6 is 15.9 Å². The molecule has 0 saturated carbocycles. The molecule has 1 aromatic carbocycles. The molecule has 4 heteroatoms. The maximum Gasteiger partial charge on any atom is 0.244 e. The number of amides is 1. The van der Waals surface area contributed by atoms with Crippen molar-refractivity contribution in [3.05, 3.63) is 40.4 Å². The van der Waals surface area contributed by atoms with Gasteiger partial charge in [-0.15, -0.1) is 0 Å². The van der Waals surface area contributed by atoms with E-state index in [1.807, 2.05) is 24.3 Å². The van der Waals surface area contributed by atoms with Crippen molar-refractivity contribution in [2.45, 2.75) is 26.2 Å². The summed E-state index contributed by atoms with van der Waals surface area (Å²) in [5, 5.41) is 11.9. The Labute approximate surface area is 129 Å². The summed E-state index contributed by atoms with van der Waals surface area (Å²) in [5.74, 6) is 0.261. The van der Waals surface area contributed by atoms with Gasteiger partial charge in [0.1, 0.15) is 0 Å². The molecule has 3 nitrogen and oxygen atoms in total. The van der Waals surface area contributed by atoms with Gasteiger partial charge in [0.15, 0.2) is 0 Å². The third kappa shape index (κ3) is 6.87. The molecule has 20 heavy (non-hydrogen) atoms. The molecule has 0 heterocycles. The smallest absolute Gasteiger partial charge is 0.244 e. The van der Waals surface area contributed by atoms with E-state index < -0.39 is 0 Å². The molecule has 1 amide bonds. The van der Waals surface area contributed by atoms with Gasteiger partial charge in [-0.05, 0) is 42.5 Å². The summed E-state index contributed by atoms with van der Waals surface area (Å²) in [6.07, 6.45) is 6.17. The minimum atomic E-state index is -0.0935. The molecule has 1 atom stereocenters. The van der Waals surface area contributed by atoms with E-state index in [9.17, 15) is 4.79 Å². The maximum absolute atomic E-state index is 11.7. The monoisotopic (exact) mass is 339 g/mol. The van der Waals surface area contributed by atoms with Crippen LogP contribution in [0.2, 0.25) is 0 Å². The number of aliphatic hydroxyl groups is 1. The Morgan fingerprint density at radius 2 is 2.25 bits per heavy atom. The highest BCUT2D eigenvalue weighted by Gasteiger charge is 2.07. The molecule has 0 fully saturated rings. The van der Waals surface area contributed by atoms with E-state index in [0.29, 0.717) is 12.5 Å². The highest BCUT2D eigenvalue weighted by atomic mass is 79.9. The van der Waals surface area contributed by atoms with E-state index in [2.05, 4.69) is 28.2 Å². The zero-order valence-electron chi connectivity index (χ0n) is 11.8. The van der Waals surface area contributed by atoms with Gasteiger partial charge in [0, 0.05) is 23.7 Å². The zero-order chi connectivity index (χ0) is 14.8. The summed E-state index contributed by atoms with van der Waals surface area (Å²) >= 11 is 3.40. The van der Waals surface area contributed by atoms with Crippen molar-refractivity contribution in [2.75, 3.05) is 13.2 Å². The van der Waals surface area contributed by atoms with E-state index in [4.69, 9.17) is 5.11 Å². The molecule has 0 aromatic heterocycles. The van der Waals surface area contributed by atoms with Gasteiger partial charge in [-0.2, -0.15) is 0 Å². The van der Waals surface area contributed by atoms with Crippen molar-refractivity contribution in [1.29, 1.82) is 0 Å². The number of aliphatic hydroxyl groups excluding tert-OH is 1. The van der Waals surface area contributed by atoms with Crippen LogP contribution in [0.4, 0.5) is 0 Å². The molecule has 0 bridgehead atoms. The number of hydrogen-bond donors (Lipinski definition) is 2. The second-order valence-corrected chi connectivity index (χ2v) is 5.72. The van der Waals surface area contributed by atoms with Crippen molar-refractivity contribution in [3.63, 3.8) is 0 Å². The van der Waals surface area contributed by atoms with Gasteiger partial charge in [-0.1, -0.05) is 41.4 Å². The molecule has 110 valence electrons. The topological polar surface area (TPSA) is 49.3 Å². The quantitative estimate of drug-likeness (QED) is 0.713. The number of halogens is 1. The Bertz CT molecular complexity index is 440. The Morgan fingerprint density at radius 1 is 1.45 bits per heavy atom. The van der Waals surface area contributed by atoms with Gasteiger partial charge in [0.2, 0.25) is 5.91 Å². The fraction of sp³-hybridized carbons (Fsp3) is 0.438. The number of hydrogen-bond acceptors (Lipinski definition) is 2. The van der Waals surface area contributed by atoms with Gasteiger partial charge in [-0.25, -0.2) is 0 Å². The SMILES string of the molecule is CCCC(CCO)CNC(=O)/C=C/c1cccc(Br)c1. The highest BCUT2D eigenvalue weighted by molar-refractivity contribution is 9.10. The lowest BCUT2D eigenvalue weighted by molar-refractivity contribution is -0.116. The Hall–Kier alpha value is -1.13. The fourth-order valence-electron chi connectivity index (χ4n) is 2.03. The number of benzene rings is 1. The number of carbonyl (C=O) groups excluding carboxylic acids is 1. The van der Waals surface area contributed by atoms with Crippen LogP contribution in [0.5, 0.6) is 0 Å². The fourth-order valence-corrected chi connectivity index (χ4v) is 2.44. The predicted octanol–water partition coefficient (Wildman–Crippen LogP) is 3.38. The maximum atomic E-state index is 11.7. The molecule has 1 rings (SSSR count). The highest BCUT2D eigenvalue weighted by Crippen LogP contribution is 2.13. The molecule has 0 saturated heterocycles. The molecule has 0 spiro atoms. The average molecular weight is 340 g/mol. The first-order chi connectivity index (χ1) is 9.65. The van der Waals surface area contributed by atoms with Crippen molar-refractivity contribution < 1.29 is 9.90 Å². The summed E-state index contributed by atoms with van der Waals surface area (Å²) < 4.78 is 0.992. The number of carbonyl (C=O) groups is 1. The van der Waals surface area contributed by atoms with Gasteiger partial charge in [0.25, 0.3) is 0 Å². The van der Waals surface area contributed by atoms with Crippen molar-refractivity contribution in [2.24, 2.45) is 5.92 Å². The minimum Gasteiger partial charge on any atom is -0.396 e. The van der Waals surface area contributed by atoms with Crippen LogP contribution in [-0.2, 0) is 4.79 Å². The first-order valence-electron chi connectivity index (χ1n) is 6.98. The summed E-state index contributed by atoms with van der Waals surface area (Å²) in [5.41, 5.74) is 0.981. The van der Waals surface area contributed by atoms with Crippen molar-refractivity contribution in [3.8, 4) is 0 Å². The van der Waals surface area contributed by atoms with E-state index in [-0.39, 0.29) is 12.5 Å². The van der Waals surface area contributed by atoms with Crippen LogP contribution in [-0.4, -0.2) is 24.2 Å². The lowest BCUT2D eigenvalue weighted by Gasteiger charge is -2.14. The number of rotatable bonds is 8. The van der Waals surface area contributed by atoms with E-state index in [1.54, 1.807) is 12.2 Å². The van der Waals surface area contributed by atoms with E-state index in [1.165, 1.54) is 0 Å². The van der Waals surface area contributed by atoms with Crippen molar-refractivity contribution in [1.82, 2.24) is 5.32 Å². The van der Waals surface area contributed by atoms with Crippen LogP contribution in [0, 0.1) is 5.92 Å². The zero-order valence-corrected chi connectivity index (χ0v) is 13.4. The lowest BCUT2D eigenvalue weighted by Crippen LogP contribution is -2.28. The molecule has 0 aliphatic carbocycles. The third-order valence-electron chi connectivity index (χ3n) is 3.08. The molecule has 1 unspecified atom stereocenters. The molecular formula is C16H22BrNO2. The van der Waals surface area contributed by atoms with Gasteiger partial charge in [0.05, 0.1) is 0 Å². The standard InChI is InChI=1S/C16H22BrNO2/c1-2-4-14(9-10-19)12-18-16(20)8-7-13-5-3-6-15(17)11-13/h3,5-8,11,14,19H,2,4,9-10,12H2,1H3,(H,18,20)/b8-7+. The predicted molar refractivity (Wildman–Crippen MR) is 86.3 cm³/mol. The molecule has 1 aromatic rings. The number of nitrogens with one attached hydrogen (secondary N) is 1. The third-order valence-corrected chi connectivity index (χ3v) is 3.57. The Kier molecular flexibility index (Phi) is 8.23. The molecule has 2 N–H and O–H groups in total. The molecule has 0 radical (unpaired) electrons. The van der Waals surface area contributed by atoms with Crippen LogP contribution in [0.1, 0.15) is 31.7 Å². The van der Waals surface area contributed by atoms with Crippen LogP contribution in [0.3, 0.4) is 0 Å². The Balaban J connectivity index is 2.42. The first-order valence-corrected chi connectivity index (χ1v) is 7.77. The second-order valence-electron chi connectivity index (χ2n) is 4.80. The summed E-state index contributed by atoms with van der Waals surface area (Å²) in [4.78, 5) is 11.7. The van der Waals surface area contributed by atoms with Crippen LogP contribution < -0.4 is 5.32 Å². The molecule has 0 aliphatic rings. The Morgan fingerprint density at radius 3 is 2.90 bits per heavy atom. The van der Waals surface area contributed by atoms with E-state index in [0.717, 1.165) is 29.3 Å². The van der Waals surface area contributed by atoms with Crippen LogP contribution in [0.15, 0.2) is 34.8 Å². The normalized spacial score (nSPS) is 12.6. The largest absolute Gasteiger partial charge is 0.396 e. The minimum absolute atomic E-state index is 0.0935. The average Bonchev–Trinajstić information content (AvgIpc) is 2.43. The molecular weight excluding hydrogens is 318 g/mol. The van der Waals surface area contributed by atoms with Gasteiger partial charge < -0.3 is 10.4 Å². The molecule has 0 aliphatic heterocycles. The lowest BCUT2D eigenvalue weighted by atomic mass is 10.0. The first kappa shape index (κ1) is 16.9. The summed E-state index contributed by atoms with van der Waals surface area (Å²) in [7, 11) is 0.